The van der Waals surface area contributed by atoms with Crippen LogP contribution >= 0.6 is 12.6 Å². The van der Waals surface area contributed by atoms with E-state index in [2.05, 4.69) is 17.6 Å². The van der Waals surface area contributed by atoms with Gasteiger partial charge >= 0.3 is 0 Å². The molecule has 0 saturated carbocycles. The molecule has 3 heteroatoms. The molecule has 70 valence electrons. The highest BCUT2D eigenvalue weighted by Gasteiger charge is 2.03. The second-order valence-corrected chi connectivity index (χ2v) is 3.41. The van der Waals surface area contributed by atoms with E-state index in [1.807, 2.05) is 24.3 Å². The Morgan fingerprint density at radius 3 is 2.43 bits per heavy atom. The average Bonchev–Trinajstić information content (AvgIpc) is 2.20. The molecule has 2 rings (SSSR count). The van der Waals surface area contributed by atoms with Gasteiger partial charge in [0.1, 0.15) is 0 Å². The summed E-state index contributed by atoms with van der Waals surface area (Å²) in [6.07, 6.45) is 1.44. The third-order valence-corrected chi connectivity index (χ3v) is 2.24. The van der Waals surface area contributed by atoms with Crippen LogP contribution in [0.15, 0.2) is 47.5 Å². The third-order valence-electron chi connectivity index (χ3n) is 1.94. The van der Waals surface area contributed by atoms with Crippen LogP contribution in [0.4, 0.5) is 4.39 Å². The number of hydrogen-bond donors (Lipinski definition) is 1. The smallest absolute Gasteiger partial charge is 0.220 e. The van der Waals surface area contributed by atoms with Crippen molar-refractivity contribution in [2.45, 2.75) is 4.90 Å². The highest BCUT2D eigenvalue weighted by Crippen LogP contribution is 2.22. The molecule has 14 heavy (non-hydrogen) atoms. The quantitative estimate of drug-likeness (QED) is 0.557. The van der Waals surface area contributed by atoms with E-state index < -0.39 is 5.95 Å². The average molecular weight is 205 g/mol. The van der Waals surface area contributed by atoms with Crippen molar-refractivity contribution in [3.8, 4) is 11.1 Å². The Bertz CT molecular complexity index is 439. The summed E-state index contributed by atoms with van der Waals surface area (Å²) in [7, 11) is 0. The highest BCUT2D eigenvalue weighted by atomic mass is 32.1. The summed E-state index contributed by atoms with van der Waals surface area (Å²) in [5, 5.41) is 0. The molecule has 0 N–H and O–H groups in total. The van der Waals surface area contributed by atoms with E-state index >= 15 is 0 Å². The molecule has 0 aliphatic rings. The van der Waals surface area contributed by atoms with Crippen LogP contribution in [0.5, 0.6) is 0 Å². The van der Waals surface area contributed by atoms with Crippen LogP contribution in [0.1, 0.15) is 0 Å². The van der Waals surface area contributed by atoms with Crippen LogP contribution in [0, 0.1) is 5.95 Å². The summed E-state index contributed by atoms with van der Waals surface area (Å²) in [4.78, 5) is 4.45. The SMILES string of the molecule is Fc1ncccc1-c1ccc(S)cc1. The summed E-state index contributed by atoms with van der Waals surface area (Å²) in [5.74, 6) is -0.445. The van der Waals surface area contributed by atoms with Gasteiger partial charge in [0.25, 0.3) is 0 Å². The van der Waals surface area contributed by atoms with Crippen molar-refractivity contribution in [1.82, 2.24) is 4.98 Å². The largest absolute Gasteiger partial charge is 0.228 e. The zero-order valence-corrected chi connectivity index (χ0v) is 8.21. The van der Waals surface area contributed by atoms with E-state index in [9.17, 15) is 4.39 Å². The highest BCUT2D eigenvalue weighted by molar-refractivity contribution is 7.80. The Kier molecular flexibility index (Phi) is 2.50. The zero-order valence-electron chi connectivity index (χ0n) is 7.31. The molecule has 0 unspecified atom stereocenters. The first-order chi connectivity index (χ1) is 6.77. The van der Waals surface area contributed by atoms with Gasteiger partial charge in [0.15, 0.2) is 0 Å². The van der Waals surface area contributed by atoms with Gasteiger partial charge in [-0.3, -0.25) is 0 Å². The molecule has 0 spiro atoms. The zero-order chi connectivity index (χ0) is 9.97. The minimum absolute atomic E-state index is 0.445. The van der Waals surface area contributed by atoms with Crippen molar-refractivity contribution in [2.75, 3.05) is 0 Å². The van der Waals surface area contributed by atoms with Gasteiger partial charge in [0.2, 0.25) is 5.95 Å². The maximum absolute atomic E-state index is 13.2. The fraction of sp³-hybridized carbons (Fsp3) is 0. The van der Waals surface area contributed by atoms with Gasteiger partial charge in [-0.25, -0.2) is 4.98 Å². The lowest BCUT2D eigenvalue weighted by atomic mass is 10.1. The van der Waals surface area contributed by atoms with E-state index in [0.717, 1.165) is 10.5 Å². The molecule has 1 nitrogen and oxygen atoms in total. The first-order valence-corrected chi connectivity index (χ1v) is 4.62. The van der Waals surface area contributed by atoms with Crippen molar-refractivity contribution >= 4 is 12.6 Å². The van der Waals surface area contributed by atoms with Crippen LogP contribution in [0.25, 0.3) is 11.1 Å². The Labute approximate surface area is 87.0 Å². The fourth-order valence-corrected chi connectivity index (χ4v) is 1.39. The van der Waals surface area contributed by atoms with Crippen molar-refractivity contribution in [1.29, 1.82) is 0 Å². The number of benzene rings is 1. The number of halogens is 1. The maximum atomic E-state index is 13.2. The summed E-state index contributed by atoms with van der Waals surface area (Å²) in [5.41, 5.74) is 1.33. The molecule has 0 aliphatic heterocycles. The van der Waals surface area contributed by atoms with Crippen molar-refractivity contribution in [3.05, 3.63) is 48.5 Å². The van der Waals surface area contributed by atoms with Gasteiger partial charge in [0, 0.05) is 16.7 Å². The van der Waals surface area contributed by atoms with Crippen LogP contribution in [0.3, 0.4) is 0 Å². The molecule has 0 bridgehead atoms. The monoisotopic (exact) mass is 205 g/mol. The van der Waals surface area contributed by atoms with E-state index in [0.29, 0.717) is 5.56 Å². The summed E-state index contributed by atoms with van der Waals surface area (Å²) in [6, 6.07) is 10.7. The van der Waals surface area contributed by atoms with Gasteiger partial charge in [-0.05, 0) is 29.8 Å². The van der Waals surface area contributed by atoms with Crippen molar-refractivity contribution < 1.29 is 4.39 Å². The standard InChI is InChI=1S/C11H8FNS/c12-11-10(2-1-7-13-11)8-3-5-9(14)6-4-8/h1-7,14H. The molecule has 0 atom stereocenters. The van der Waals surface area contributed by atoms with Gasteiger partial charge in [-0.2, -0.15) is 4.39 Å². The van der Waals surface area contributed by atoms with Gasteiger partial charge in [-0.1, -0.05) is 12.1 Å². The topological polar surface area (TPSA) is 12.9 Å². The van der Waals surface area contributed by atoms with Gasteiger partial charge in [-0.15, -0.1) is 12.6 Å². The lowest BCUT2D eigenvalue weighted by Gasteiger charge is -2.01. The number of pyridine rings is 1. The van der Waals surface area contributed by atoms with E-state index in [1.165, 1.54) is 6.20 Å². The predicted octanol–water partition coefficient (Wildman–Crippen LogP) is 3.18. The second kappa shape index (κ2) is 3.80. The molecular formula is C11H8FNS. The summed E-state index contributed by atoms with van der Waals surface area (Å²) >= 11 is 4.16. The molecule has 0 radical (unpaired) electrons. The molecule has 0 aliphatic carbocycles. The van der Waals surface area contributed by atoms with E-state index in [1.54, 1.807) is 12.1 Å². The molecule has 2 aromatic rings. The Balaban J connectivity index is 2.50. The molecular weight excluding hydrogens is 197 g/mol. The van der Waals surface area contributed by atoms with Crippen molar-refractivity contribution in [2.24, 2.45) is 0 Å². The van der Waals surface area contributed by atoms with Crippen molar-refractivity contribution in [3.63, 3.8) is 0 Å². The molecule has 1 aromatic heterocycles. The predicted molar refractivity (Wildman–Crippen MR) is 56.9 cm³/mol. The molecule has 0 amide bonds. The minimum atomic E-state index is -0.445. The number of thiol groups is 1. The molecule has 0 saturated heterocycles. The molecule has 1 aromatic carbocycles. The molecule has 0 fully saturated rings. The maximum Gasteiger partial charge on any atom is 0.220 e. The van der Waals surface area contributed by atoms with Crippen LogP contribution < -0.4 is 0 Å². The van der Waals surface area contributed by atoms with Gasteiger partial charge < -0.3 is 0 Å². The third kappa shape index (κ3) is 1.77. The Hall–Kier alpha value is -1.35. The first kappa shape index (κ1) is 9.21. The first-order valence-electron chi connectivity index (χ1n) is 4.17. The summed E-state index contributed by atoms with van der Waals surface area (Å²) < 4.78 is 13.2. The van der Waals surface area contributed by atoms with Crippen LogP contribution in [-0.2, 0) is 0 Å². The second-order valence-electron chi connectivity index (χ2n) is 2.89. The number of aromatic nitrogens is 1. The molecule has 1 heterocycles. The summed E-state index contributed by atoms with van der Waals surface area (Å²) in [6.45, 7) is 0. The van der Waals surface area contributed by atoms with Crippen LogP contribution in [-0.4, -0.2) is 4.98 Å². The number of rotatable bonds is 1. The van der Waals surface area contributed by atoms with Gasteiger partial charge in [0.05, 0.1) is 0 Å². The van der Waals surface area contributed by atoms with Crippen LogP contribution in [0.2, 0.25) is 0 Å². The Morgan fingerprint density at radius 1 is 1.07 bits per heavy atom. The number of nitrogens with zero attached hydrogens (tertiary/aromatic N) is 1. The fourth-order valence-electron chi connectivity index (χ4n) is 1.24. The van der Waals surface area contributed by atoms with E-state index in [4.69, 9.17) is 0 Å². The normalized spacial score (nSPS) is 10.1. The number of hydrogen-bond acceptors (Lipinski definition) is 2. The Morgan fingerprint density at radius 2 is 1.79 bits per heavy atom. The lowest BCUT2D eigenvalue weighted by molar-refractivity contribution is 0.587. The minimum Gasteiger partial charge on any atom is -0.228 e. The lowest BCUT2D eigenvalue weighted by Crippen LogP contribution is -1.86. The van der Waals surface area contributed by atoms with E-state index in [-0.39, 0.29) is 0 Å².